The van der Waals surface area contributed by atoms with Crippen molar-refractivity contribution in [1.29, 1.82) is 0 Å². The van der Waals surface area contributed by atoms with Crippen LogP contribution in [0.3, 0.4) is 0 Å². The Hall–Kier alpha value is -0.670. The summed E-state index contributed by atoms with van der Waals surface area (Å²) in [7, 11) is 0. The van der Waals surface area contributed by atoms with Crippen LogP contribution in [-0.4, -0.2) is 11.5 Å². The molecule has 0 aliphatic heterocycles. The van der Waals surface area contributed by atoms with Gasteiger partial charge >= 0.3 is 0 Å². The molecule has 0 atom stereocenters. The predicted octanol–water partition coefficient (Wildman–Crippen LogP) is 2.52. The lowest BCUT2D eigenvalue weighted by Gasteiger charge is -2.06. The van der Waals surface area contributed by atoms with Crippen molar-refractivity contribution in [3.05, 3.63) is 23.8 Å². The van der Waals surface area contributed by atoms with Crippen molar-refractivity contribution in [2.75, 3.05) is 11.7 Å². The molecule has 0 aromatic heterocycles. The molecule has 0 bridgehead atoms. The molecule has 1 aromatic rings. The Morgan fingerprint density at radius 1 is 1.45 bits per heavy atom. The maximum absolute atomic E-state index is 8.68. The first-order valence-electron chi connectivity index (χ1n) is 3.33. The Morgan fingerprint density at radius 3 is 2.73 bits per heavy atom. The number of hydrogen-bond donors (Lipinski definition) is 2. The zero-order chi connectivity index (χ0) is 8.27. The summed E-state index contributed by atoms with van der Waals surface area (Å²) in [5.74, 6) is 0. The third-order valence-electron chi connectivity index (χ3n) is 1.62. The van der Waals surface area contributed by atoms with E-state index in [2.05, 4.69) is 5.48 Å². The first-order valence-corrected chi connectivity index (χ1v) is 4.55. The van der Waals surface area contributed by atoms with Gasteiger partial charge in [0.05, 0.1) is 5.69 Å². The van der Waals surface area contributed by atoms with Crippen LogP contribution in [0.2, 0.25) is 0 Å². The van der Waals surface area contributed by atoms with Gasteiger partial charge in [-0.2, -0.15) is 0 Å². The van der Waals surface area contributed by atoms with Crippen molar-refractivity contribution in [1.82, 2.24) is 0 Å². The third kappa shape index (κ3) is 1.67. The van der Waals surface area contributed by atoms with Gasteiger partial charge in [0.25, 0.3) is 0 Å². The number of thioether (sulfide) groups is 1. The standard InChI is InChI=1S/C8H11NOS/c1-6-7(9-10)4-3-5-8(6)11-2/h3-5,9-10H,1-2H3. The van der Waals surface area contributed by atoms with E-state index in [9.17, 15) is 0 Å². The molecule has 0 heterocycles. The number of benzene rings is 1. The van der Waals surface area contributed by atoms with Gasteiger partial charge in [0.2, 0.25) is 0 Å². The fourth-order valence-corrected chi connectivity index (χ4v) is 1.59. The van der Waals surface area contributed by atoms with E-state index in [1.807, 2.05) is 31.4 Å². The predicted molar refractivity (Wildman–Crippen MR) is 48.4 cm³/mol. The molecular weight excluding hydrogens is 158 g/mol. The van der Waals surface area contributed by atoms with Crippen LogP contribution in [-0.2, 0) is 0 Å². The molecule has 0 fully saturated rings. The van der Waals surface area contributed by atoms with E-state index < -0.39 is 0 Å². The highest BCUT2D eigenvalue weighted by Gasteiger charge is 2.00. The average Bonchev–Trinajstić information content (AvgIpc) is 2.05. The minimum absolute atomic E-state index is 0.775. The summed E-state index contributed by atoms with van der Waals surface area (Å²) in [6.45, 7) is 1.98. The zero-order valence-corrected chi connectivity index (χ0v) is 7.40. The van der Waals surface area contributed by atoms with E-state index >= 15 is 0 Å². The lowest BCUT2D eigenvalue weighted by Crippen LogP contribution is -1.92. The minimum Gasteiger partial charge on any atom is -0.291 e. The maximum atomic E-state index is 8.68. The normalized spacial score (nSPS) is 9.73. The highest BCUT2D eigenvalue weighted by Crippen LogP contribution is 2.25. The fraction of sp³-hybridized carbons (Fsp3) is 0.250. The largest absolute Gasteiger partial charge is 0.291 e. The van der Waals surface area contributed by atoms with Crippen LogP contribution >= 0.6 is 11.8 Å². The van der Waals surface area contributed by atoms with Crippen molar-refractivity contribution in [2.45, 2.75) is 11.8 Å². The molecule has 0 radical (unpaired) electrons. The first-order chi connectivity index (χ1) is 5.29. The van der Waals surface area contributed by atoms with Crippen LogP contribution in [0.15, 0.2) is 23.1 Å². The van der Waals surface area contributed by atoms with Crippen molar-refractivity contribution >= 4 is 17.4 Å². The van der Waals surface area contributed by atoms with Gasteiger partial charge in [0.15, 0.2) is 0 Å². The van der Waals surface area contributed by atoms with Crippen molar-refractivity contribution in [2.24, 2.45) is 0 Å². The van der Waals surface area contributed by atoms with Crippen LogP contribution in [0, 0.1) is 6.92 Å². The molecule has 0 spiro atoms. The molecular formula is C8H11NOS. The molecule has 0 saturated heterocycles. The molecule has 60 valence electrons. The number of rotatable bonds is 2. The van der Waals surface area contributed by atoms with Gasteiger partial charge in [-0.3, -0.25) is 10.7 Å². The van der Waals surface area contributed by atoms with E-state index in [4.69, 9.17) is 5.21 Å². The molecule has 1 aromatic carbocycles. The molecule has 0 unspecified atom stereocenters. The summed E-state index contributed by atoms with van der Waals surface area (Å²) in [6.07, 6.45) is 2.02. The van der Waals surface area contributed by atoms with Crippen LogP contribution in [0.4, 0.5) is 5.69 Å². The summed E-state index contributed by atoms with van der Waals surface area (Å²) in [6, 6.07) is 5.78. The summed E-state index contributed by atoms with van der Waals surface area (Å²) in [5, 5.41) is 8.68. The minimum atomic E-state index is 0.775. The molecule has 0 aliphatic carbocycles. The lowest BCUT2D eigenvalue weighted by atomic mass is 10.2. The van der Waals surface area contributed by atoms with E-state index in [-0.39, 0.29) is 0 Å². The van der Waals surface area contributed by atoms with Gasteiger partial charge in [-0.25, -0.2) is 0 Å². The Morgan fingerprint density at radius 2 is 2.18 bits per heavy atom. The SMILES string of the molecule is CSc1cccc(NO)c1C. The second kappa shape index (κ2) is 3.64. The molecule has 0 aliphatic rings. The van der Waals surface area contributed by atoms with Gasteiger partial charge in [-0.05, 0) is 30.9 Å². The molecule has 0 saturated carbocycles. The van der Waals surface area contributed by atoms with Gasteiger partial charge in [0.1, 0.15) is 0 Å². The Bertz CT molecular complexity index is 228. The van der Waals surface area contributed by atoms with Gasteiger partial charge in [-0.15, -0.1) is 11.8 Å². The lowest BCUT2D eigenvalue weighted by molar-refractivity contribution is 0.388. The second-order valence-electron chi connectivity index (χ2n) is 2.24. The molecule has 0 amide bonds. The number of anilines is 1. The summed E-state index contributed by atoms with van der Waals surface area (Å²) < 4.78 is 0. The molecule has 2 nitrogen and oxygen atoms in total. The van der Waals surface area contributed by atoms with Crippen LogP contribution in [0.25, 0.3) is 0 Å². The summed E-state index contributed by atoms with van der Waals surface area (Å²) in [4.78, 5) is 1.18. The van der Waals surface area contributed by atoms with E-state index in [0.717, 1.165) is 11.3 Å². The van der Waals surface area contributed by atoms with Gasteiger partial charge in [-0.1, -0.05) is 6.07 Å². The van der Waals surface area contributed by atoms with E-state index in [1.165, 1.54) is 4.90 Å². The topological polar surface area (TPSA) is 32.3 Å². The summed E-state index contributed by atoms with van der Waals surface area (Å²) in [5.41, 5.74) is 4.02. The number of hydrogen-bond acceptors (Lipinski definition) is 3. The zero-order valence-electron chi connectivity index (χ0n) is 6.59. The van der Waals surface area contributed by atoms with Crippen molar-refractivity contribution in [3.63, 3.8) is 0 Å². The second-order valence-corrected chi connectivity index (χ2v) is 3.09. The van der Waals surface area contributed by atoms with Crippen LogP contribution in [0.1, 0.15) is 5.56 Å². The van der Waals surface area contributed by atoms with E-state index in [1.54, 1.807) is 11.8 Å². The average molecular weight is 169 g/mol. The van der Waals surface area contributed by atoms with Crippen LogP contribution < -0.4 is 5.48 Å². The highest BCUT2D eigenvalue weighted by atomic mass is 32.2. The Kier molecular flexibility index (Phi) is 2.79. The Labute approximate surface area is 70.6 Å². The molecule has 11 heavy (non-hydrogen) atoms. The maximum Gasteiger partial charge on any atom is 0.0642 e. The molecule has 3 heteroatoms. The van der Waals surface area contributed by atoms with Gasteiger partial charge in [0, 0.05) is 4.90 Å². The quantitative estimate of drug-likeness (QED) is 0.527. The monoisotopic (exact) mass is 169 g/mol. The van der Waals surface area contributed by atoms with Crippen LogP contribution in [0.5, 0.6) is 0 Å². The highest BCUT2D eigenvalue weighted by molar-refractivity contribution is 7.98. The van der Waals surface area contributed by atoms with E-state index in [0.29, 0.717) is 0 Å². The molecule has 1 rings (SSSR count). The first kappa shape index (κ1) is 8.43. The van der Waals surface area contributed by atoms with Gasteiger partial charge < -0.3 is 0 Å². The summed E-state index contributed by atoms with van der Waals surface area (Å²) >= 11 is 1.67. The van der Waals surface area contributed by atoms with Crippen molar-refractivity contribution < 1.29 is 5.21 Å². The number of nitrogens with one attached hydrogen (secondary N) is 1. The van der Waals surface area contributed by atoms with Crippen molar-refractivity contribution in [3.8, 4) is 0 Å². The Balaban J connectivity index is 3.10. The third-order valence-corrected chi connectivity index (χ3v) is 2.51. The molecule has 2 N–H and O–H groups in total. The fourth-order valence-electron chi connectivity index (χ4n) is 0.957. The smallest absolute Gasteiger partial charge is 0.0642 e.